The zero-order valence-corrected chi connectivity index (χ0v) is 10.6. The van der Waals surface area contributed by atoms with Crippen LogP contribution in [-0.4, -0.2) is 18.6 Å². The Morgan fingerprint density at radius 2 is 2.17 bits per heavy atom. The van der Waals surface area contributed by atoms with Crippen molar-refractivity contribution in [2.24, 2.45) is 0 Å². The van der Waals surface area contributed by atoms with E-state index in [4.69, 9.17) is 11.6 Å². The Labute approximate surface area is 108 Å². The lowest BCUT2D eigenvalue weighted by atomic mass is 10.2. The fourth-order valence-electron chi connectivity index (χ4n) is 1.30. The average Bonchev–Trinajstić information content (AvgIpc) is 2.85. The van der Waals surface area contributed by atoms with E-state index < -0.39 is 15.8 Å². The summed E-state index contributed by atoms with van der Waals surface area (Å²) in [4.78, 5) is 0. The molecule has 2 aromatic rings. The van der Waals surface area contributed by atoms with Crippen LogP contribution in [0.2, 0.25) is 5.02 Å². The first kappa shape index (κ1) is 13.0. The second-order valence-corrected chi connectivity index (χ2v) is 5.64. The van der Waals surface area contributed by atoms with Crippen LogP contribution in [0, 0.1) is 5.82 Å². The topological polar surface area (TPSA) is 74.8 Å². The van der Waals surface area contributed by atoms with Crippen LogP contribution in [0.5, 0.6) is 0 Å². The fourth-order valence-corrected chi connectivity index (χ4v) is 2.43. The van der Waals surface area contributed by atoms with Gasteiger partial charge < -0.3 is 0 Å². The molecule has 0 spiro atoms. The molecule has 0 bridgehead atoms. The Bertz CT molecular complexity index is 643. The maximum absolute atomic E-state index is 12.9. The molecule has 96 valence electrons. The first-order valence-electron chi connectivity index (χ1n) is 4.92. The number of aromatic nitrogens is 2. The lowest BCUT2D eigenvalue weighted by molar-refractivity contribution is 0.577. The predicted molar refractivity (Wildman–Crippen MR) is 64.0 cm³/mol. The van der Waals surface area contributed by atoms with Crippen molar-refractivity contribution >= 4 is 21.6 Å². The third-order valence-corrected chi connectivity index (χ3v) is 3.84. The predicted octanol–water partition coefficient (Wildman–Crippen LogP) is 1.68. The Hall–Kier alpha value is -1.44. The van der Waals surface area contributed by atoms with Crippen LogP contribution in [0.1, 0.15) is 5.56 Å². The van der Waals surface area contributed by atoms with Crippen LogP contribution >= 0.6 is 11.6 Å². The Balaban J connectivity index is 2.10. The van der Waals surface area contributed by atoms with Gasteiger partial charge in [0, 0.05) is 6.54 Å². The van der Waals surface area contributed by atoms with E-state index in [0.717, 1.165) is 0 Å². The molecule has 0 amide bonds. The molecule has 18 heavy (non-hydrogen) atoms. The van der Waals surface area contributed by atoms with Gasteiger partial charge in [-0.05, 0) is 23.8 Å². The second kappa shape index (κ2) is 5.05. The Morgan fingerprint density at radius 1 is 1.39 bits per heavy atom. The summed E-state index contributed by atoms with van der Waals surface area (Å²) in [5.41, 5.74) is 0.560. The Kier molecular flexibility index (Phi) is 3.65. The average molecular weight is 290 g/mol. The number of halogens is 2. The second-order valence-electron chi connectivity index (χ2n) is 3.49. The van der Waals surface area contributed by atoms with Crippen molar-refractivity contribution in [1.82, 2.24) is 14.9 Å². The molecule has 2 rings (SSSR count). The van der Waals surface area contributed by atoms with E-state index >= 15 is 0 Å². The van der Waals surface area contributed by atoms with Gasteiger partial charge in [-0.1, -0.05) is 17.7 Å². The van der Waals surface area contributed by atoms with E-state index in [9.17, 15) is 12.8 Å². The maximum Gasteiger partial charge on any atom is 0.257 e. The quantitative estimate of drug-likeness (QED) is 0.899. The SMILES string of the molecule is O=S(=O)(NCc1ccc(F)c(Cl)c1)c1ccn[nH]1. The molecule has 0 radical (unpaired) electrons. The van der Waals surface area contributed by atoms with Crippen molar-refractivity contribution in [1.29, 1.82) is 0 Å². The molecule has 2 N–H and O–H groups in total. The van der Waals surface area contributed by atoms with Crippen LogP contribution in [0.4, 0.5) is 4.39 Å². The number of hydrogen-bond acceptors (Lipinski definition) is 3. The number of hydrogen-bond donors (Lipinski definition) is 2. The normalized spacial score (nSPS) is 11.7. The smallest absolute Gasteiger partial charge is 0.257 e. The minimum Gasteiger partial charge on any atom is -0.266 e. The van der Waals surface area contributed by atoms with Crippen LogP contribution in [0.15, 0.2) is 35.5 Å². The highest BCUT2D eigenvalue weighted by atomic mass is 35.5. The standard InChI is InChI=1S/C10H9ClFN3O2S/c11-8-5-7(1-2-9(8)12)6-14-18(16,17)10-3-4-13-15-10/h1-5,14H,6H2,(H,13,15). The van der Waals surface area contributed by atoms with Gasteiger partial charge in [-0.2, -0.15) is 5.10 Å². The minimum atomic E-state index is -3.64. The highest BCUT2D eigenvalue weighted by Gasteiger charge is 2.14. The van der Waals surface area contributed by atoms with Crippen molar-refractivity contribution in [3.05, 3.63) is 46.9 Å². The minimum absolute atomic E-state index is 0.0152. The first-order chi connectivity index (χ1) is 8.49. The molecule has 0 aliphatic carbocycles. The molecule has 0 unspecified atom stereocenters. The molecule has 1 heterocycles. The maximum atomic E-state index is 12.9. The number of benzene rings is 1. The highest BCUT2D eigenvalue weighted by Crippen LogP contribution is 2.16. The number of aromatic amines is 1. The number of nitrogens with one attached hydrogen (secondary N) is 2. The van der Waals surface area contributed by atoms with Crippen molar-refractivity contribution < 1.29 is 12.8 Å². The number of nitrogens with zero attached hydrogens (tertiary/aromatic N) is 1. The van der Waals surface area contributed by atoms with E-state index in [-0.39, 0.29) is 16.6 Å². The Morgan fingerprint density at radius 3 is 2.78 bits per heavy atom. The van der Waals surface area contributed by atoms with Gasteiger partial charge in [-0.15, -0.1) is 0 Å². The lowest BCUT2D eigenvalue weighted by Crippen LogP contribution is -2.23. The third-order valence-electron chi connectivity index (χ3n) is 2.22. The van der Waals surface area contributed by atoms with Gasteiger partial charge >= 0.3 is 0 Å². The van der Waals surface area contributed by atoms with E-state index in [1.54, 1.807) is 0 Å². The fraction of sp³-hybridized carbons (Fsp3) is 0.100. The van der Waals surface area contributed by atoms with Crippen molar-refractivity contribution in [2.45, 2.75) is 11.6 Å². The summed E-state index contributed by atoms with van der Waals surface area (Å²) in [7, 11) is -3.64. The molecular weight excluding hydrogens is 281 g/mol. The molecule has 0 aliphatic rings. The largest absolute Gasteiger partial charge is 0.266 e. The summed E-state index contributed by atoms with van der Waals surface area (Å²) in [6, 6.07) is 5.34. The van der Waals surface area contributed by atoms with Gasteiger partial charge in [0.25, 0.3) is 10.0 Å². The zero-order valence-electron chi connectivity index (χ0n) is 9.02. The van der Waals surface area contributed by atoms with E-state index in [2.05, 4.69) is 14.9 Å². The molecule has 0 saturated carbocycles. The number of H-pyrrole nitrogens is 1. The summed E-state index contributed by atoms with van der Waals surface area (Å²) in [6.07, 6.45) is 1.34. The number of rotatable bonds is 4. The molecule has 0 fully saturated rings. The van der Waals surface area contributed by atoms with Crippen LogP contribution < -0.4 is 4.72 Å². The summed E-state index contributed by atoms with van der Waals surface area (Å²) in [5.74, 6) is -0.545. The number of sulfonamides is 1. The summed E-state index contributed by atoms with van der Waals surface area (Å²) >= 11 is 5.59. The molecule has 0 aliphatic heterocycles. The van der Waals surface area contributed by atoms with Crippen molar-refractivity contribution in [2.75, 3.05) is 0 Å². The van der Waals surface area contributed by atoms with Gasteiger partial charge in [-0.25, -0.2) is 17.5 Å². The molecular formula is C10H9ClFN3O2S. The molecule has 1 aromatic carbocycles. The van der Waals surface area contributed by atoms with E-state index in [0.29, 0.717) is 5.56 Å². The van der Waals surface area contributed by atoms with Gasteiger partial charge in [0.05, 0.1) is 11.2 Å². The van der Waals surface area contributed by atoms with Gasteiger partial charge in [-0.3, -0.25) is 5.10 Å². The van der Waals surface area contributed by atoms with Crippen LogP contribution in [0.3, 0.4) is 0 Å². The monoisotopic (exact) mass is 289 g/mol. The van der Waals surface area contributed by atoms with Gasteiger partial charge in [0.15, 0.2) is 5.03 Å². The first-order valence-corrected chi connectivity index (χ1v) is 6.78. The van der Waals surface area contributed by atoms with E-state index in [1.165, 1.54) is 30.5 Å². The van der Waals surface area contributed by atoms with Crippen molar-refractivity contribution in [3.63, 3.8) is 0 Å². The highest BCUT2D eigenvalue weighted by molar-refractivity contribution is 7.89. The summed E-state index contributed by atoms with van der Waals surface area (Å²) in [5, 5.41) is 5.82. The molecule has 8 heteroatoms. The summed E-state index contributed by atoms with van der Waals surface area (Å²) in [6.45, 7) is 0.0152. The third kappa shape index (κ3) is 2.87. The van der Waals surface area contributed by atoms with Crippen LogP contribution in [0.25, 0.3) is 0 Å². The van der Waals surface area contributed by atoms with E-state index in [1.807, 2.05) is 0 Å². The lowest BCUT2D eigenvalue weighted by Gasteiger charge is -2.05. The van der Waals surface area contributed by atoms with Gasteiger partial charge in [0.2, 0.25) is 0 Å². The van der Waals surface area contributed by atoms with Crippen LogP contribution in [-0.2, 0) is 16.6 Å². The van der Waals surface area contributed by atoms with Gasteiger partial charge in [0.1, 0.15) is 5.82 Å². The summed E-state index contributed by atoms with van der Waals surface area (Å²) < 4.78 is 38.7. The molecule has 5 nitrogen and oxygen atoms in total. The van der Waals surface area contributed by atoms with Crippen molar-refractivity contribution in [3.8, 4) is 0 Å². The molecule has 0 saturated heterocycles. The molecule has 1 aromatic heterocycles. The molecule has 0 atom stereocenters. The zero-order chi connectivity index (χ0) is 13.2.